The molecule has 0 spiro atoms. The zero-order valence-electron chi connectivity index (χ0n) is 10.2. The highest BCUT2D eigenvalue weighted by Gasteiger charge is 2.04. The monoisotopic (exact) mass is 216 g/mol. The van der Waals surface area contributed by atoms with E-state index in [1.54, 1.807) is 0 Å². The molecule has 16 heavy (non-hydrogen) atoms. The van der Waals surface area contributed by atoms with Gasteiger partial charge in [0, 0.05) is 30.7 Å². The molecule has 1 aromatic carbocycles. The number of nitrogens with one attached hydrogen (secondary N) is 1. The van der Waals surface area contributed by atoms with Crippen LogP contribution in [0.3, 0.4) is 0 Å². The molecule has 0 radical (unpaired) electrons. The molecule has 1 aromatic heterocycles. The van der Waals surface area contributed by atoms with Gasteiger partial charge in [-0.1, -0.05) is 31.5 Å². The van der Waals surface area contributed by atoms with Gasteiger partial charge in [0.1, 0.15) is 0 Å². The lowest BCUT2D eigenvalue weighted by Gasteiger charge is -2.02. The maximum Gasteiger partial charge on any atom is 0.0481 e. The lowest BCUT2D eigenvalue weighted by Crippen LogP contribution is -2.14. The number of hydrogen-bond acceptors (Lipinski definition) is 1. The number of benzene rings is 1. The van der Waals surface area contributed by atoms with Crippen LogP contribution in [0, 0.1) is 0 Å². The van der Waals surface area contributed by atoms with E-state index in [1.807, 2.05) is 0 Å². The van der Waals surface area contributed by atoms with E-state index >= 15 is 0 Å². The smallest absolute Gasteiger partial charge is 0.0481 e. The topological polar surface area (TPSA) is 17.0 Å². The molecule has 0 amide bonds. The Morgan fingerprint density at radius 2 is 2.06 bits per heavy atom. The van der Waals surface area contributed by atoms with E-state index in [0.717, 1.165) is 13.1 Å². The average molecular weight is 216 g/mol. The van der Waals surface area contributed by atoms with Crippen molar-refractivity contribution in [2.24, 2.45) is 7.05 Å². The molecule has 2 nitrogen and oxygen atoms in total. The van der Waals surface area contributed by atoms with Gasteiger partial charge in [-0.15, -0.1) is 0 Å². The number of fused-ring (bicyclic) bond motifs is 1. The normalized spacial score (nSPS) is 11.1. The van der Waals surface area contributed by atoms with Gasteiger partial charge in [0.2, 0.25) is 0 Å². The molecule has 0 aliphatic carbocycles. The second kappa shape index (κ2) is 5.17. The van der Waals surface area contributed by atoms with Gasteiger partial charge in [0.05, 0.1) is 0 Å². The first kappa shape index (κ1) is 11.2. The Hall–Kier alpha value is -1.28. The molecular formula is C14H20N2. The Kier molecular flexibility index (Phi) is 3.62. The molecule has 2 rings (SSSR count). The SMILES string of the molecule is CCCCNCc1cn(C)c2ccccc12. The van der Waals surface area contributed by atoms with Crippen LogP contribution in [-0.4, -0.2) is 11.1 Å². The van der Waals surface area contributed by atoms with E-state index in [1.165, 1.54) is 29.3 Å². The van der Waals surface area contributed by atoms with E-state index in [9.17, 15) is 0 Å². The van der Waals surface area contributed by atoms with E-state index in [0.29, 0.717) is 0 Å². The fourth-order valence-electron chi connectivity index (χ4n) is 2.09. The summed E-state index contributed by atoms with van der Waals surface area (Å²) in [4.78, 5) is 0. The highest BCUT2D eigenvalue weighted by molar-refractivity contribution is 5.83. The van der Waals surface area contributed by atoms with Crippen molar-refractivity contribution in [3.8, 4) is 0 Å². The summed E-state index contributed by atoms with van der Waals surface area (Å²) in [5.74, 6) is 0. The van der Waals surface area contributed by atoms with Crippen LogP contribution in [0.2, 0.25) is 0 Å². The van der Waals surface area contributed by atoms with E-state index < -0.39 is 0 Å². The van der Waals surface area contributed by atoms with Gasteiger partial charge in [-0.25, -0.2) is 0 Å². The molecule has 2 aromatic rings. The number of unbranched alkanes of at least 4 members (excludes halogenated alkanes) is 1. The van der Waals surface area contributed by atoms with Crippen LogP contribution < -0.4 is 5.32 Å². The summed E-state index contributed by atoms with van der Waals surface area (Å²) in [5, 5.41) is 4.86. The minimum absolute atomic E-state index is 0.974. The van der Waals surface area contributed by atoms with Crippen molar-refractivity contribution in [2.75, 3.05) is 6.54 Å². The third kappa shape index (κ3) is 2.27. The molecule has 1 N–H and O–H groups in total. The standard InChI is InChI=1S/C14H20N2/c1-3-4-9-15-10-12-11-16(2)14-8-6-5-7-13(12)14/h5-8,11,15H,3-4,9-10H2,1-2H3. The predicted octanol–water partition coefficient (Wildman–Crippen LogP) is 3.07. The summed E-state index contributed by atoms with van der Waals surface area (Å²) in [7, 11) is 2.11. The van der Waals surface area contributed by atoms with Crippen LogP contribution in [0.5, 0.6) is 0 Å². The third-order valence-corrected chi connectivity index (χ3v) is 3.00. The van der Waals surface area contributed by atoms with Crippen molar-refractivity contribution < 1.29 is 0 Å². The van der Waals surface area contributed by atoms with E-state index in [4.69, 9.17) is 0 Å². The van der Waals surface area contributed by atoms with Crippen molar-refractivity contribution in [3.63, 3.8) is 0 Å². The number of para-hydroxylation sites is 1. The van der Waals surface area contributed by atoms with E-state index in [-0.39, 0.29) is 0 Å². The van der Waals surface area contributed by atoms with Gasteiger partial charge >= 0.3 is 0 Å². The highest BCUT2D eigenvalue weighted by atomic mass is 14.9. The van der Waals surface area contributed by atoms with E-state index in [2.05, 4.69) is 54.3 Å². The fourth-order valence-corrected chi connectivity index (χ4v) is 2.09. The fraction of sp³-hybridized carbons (Fsp3) is 0.429. The van der Waals surface area contributed by atoms with Crippen molar-refractivity contribution in [1.29, 1.82) is 0 Å². The summed E-state index contributed by atoms with van der Waals surface area (Å²) in [6, 6.07) is 8.57. The minimum Gasteiger partial charge on any atom is -0.350 e. The first-order chi connectivity index (χ1) is 7.83. The van der Waals surface area contributed by atoms with Crippen molar-refractivity contribution in [2.45, 2.75) is 26.3 Å². The Bertz CT molecular complexity index is 457. The summed E-state index contributed by atoms with van der Waals surface area (Å²) in [6.45, 7) is 4.31. The van der Waals surface area contributed by atoms with Crippen LogP contribution in [0.4, 0.5) is 0 Å². The van der Waals surface area contributed by atoms with Crippen LogP contribution in [0.25, 0.3) is 10.9 Å². The summed E-state index contributed by atoms with van der Waals surface area (Å²) >= 11 is 0. The average Bonchev–Trinajstić information content (AvgIpc) is 2.63. The number of rotatable bonds is 5. The van der Waals surface area contributed by atoms with Gasteiger partial charge in [0.15, 0.2) is 0 Å². The molecule has 0 aliphatic heterocycles. The minimum atomic E-state index is 0.974. The van der Waals surface area contributed by atoms with Crippen LogP contribution in [0.15, 0.2) is 30.5 Å². The zero-order valence-corrected chi connectivity index (χ0v) is 10.2. The lowest BCUT2D eigenvalue weighted by atomic mass is 10.2. The molecule has 0 fully saturated rings. The number of aromatic nitrogens is 1. The quantitative estimate of drug-likeness (QED) is 0.760. The first-order valence-electron chi connectivity index (χ1n) is 6.06. The van der Waals surface area contributed by atoms with Crippen molar-refractivity contribution in [1.82, 2.24) is 9.88 Å². The summed E-state index contributed by atoms with van der Waals surface area (Å²) in [6.07, 6.45) is 4.73. The molecule has 0 saturated heterocycles. The summed E-state index contributed by atoms with van der Waals surface area (Å²) < 4.78 is 2.20. The highest BCUT2D eigenvalue weighted by Crippen LogP contribution is 2.19. The molecule has 0 aliphatic rings. The number of hydrogen-bond donors (Lipinski definition) is 1. The second-order valence-electron chi connectivity index (χ2n) is 4.31. The Labute approximate surface area is 97.3 Å². The maximum absolute atomic E-state index is 3.49. The molecular weight excluding hydrogens is 196 g/mol. The van der Waals surface area contributed by atoms with Crippen LogP contribution in [-0.2, 0) is 13.6 Å². The summed E-state index contributed by atoms with van der Waals surface area (Å²) in [5.41, 5.74) is 2.71. The first-order valence-corrected chi connectivity index (χ1v) is 6.06. The van der Waals surface area contributed by atoms with Gasteiger partial charge in [-0.05, 0) is 24.6 Å². The number of nitrogens with zero attached hydrogens (tertiary/aromatic N) is 1. The van der Waals surface area contributed by atoms with Gasteiger partial charge in [-0.3, -0.25) is 0 Å². The molecule has 2 heteroatoms. The third-order valence-electron chi connectivity index (χ3n) is 3.00. The van der Waals surface area contributed by atoms with Crippen LogP contribution in [0.1, 0.15) is 25.3 Å². The molecule has 0 bridgehead atoms. The second-order valence-corrected chi connectivity index (χ2v) is 4.31. The Balaban J connectivity index is 2.12. The van der Waals surface area contributed by atoms with Crippen LogP contribution >= 0.6 is 0 Å². The largest absolute Gasteiger partial charge is 0.350 e. The van der Waals surface area contributed by atoms with Gasteiger partial charge in [-0.2, -0.15) is 0 Å². The zero-order chi connectivity index (χ0) is 11.4. The predicted molar refractivity (Wildman–Crippen MR) is 69.5 cm³/mol. The molecule has 86 valence electrons. The van der Waals surface area contributed by atoms with Gasteiger partial charge < -0.3 is 9.88 Å². The molecule has 0 saturated carbocycles. The molecule has 0 atom stereocenters. The maximum atomic E-state index is 3.49. The van der Waals surface area contributed by atoms with Crippen molar-refractivity contribution >= 4 is 10.9 Å². The molecule has 0 unspecified atom stereocenters. The van der Waals surface area contributed by atoms with Crippen molar-refractivity contribution in [3.05, 3.63) is 36.0 Å². The van der Waals surface area contributed by atoms with Gasteiger partial charge in [0.25, 0.3) is 0 Å². The molecule has 1 heterocycles. The lowest BCUT2D eigenvalue weighted by molar-refractivity contribution is 0.642. The number of aryl methyl sites for hydroxylation is 1. The Morgan fingerprint density at radius 3 is 2.88 bits per heavy atom. The Morgan fingerprint density at radius 1 is 1.25 bits per heavy atom.